The first-order valence-corrected chi connectivity index (χ1v) is 5.95. The SMILES string of the molecule is CC(C)CCC(N)Cc1ccc(Cl)cc1. The van der Waals surface area contributed by atoms with Crippen molar-refractivity contribution in [1.82, 2.24) is 0 Å². The molecule has 0 spiro atoms. The molecule has 0 aliphatic carbocycles. The molecule has 84 valence electrons. The van der Waals surface area contributed by atoms with E-state index in [-0.39, 0.29) is 6.04 Å². The minimum absolute atomic E-state index is 0.272. The minimum Gasteiger partial charge on any atom is -0.327 e. The topological polar surface area (TPSA) is 26.0 Å². The molecule has 1 rings (SSSR count). The first-order valence-electron chi connectivity index (χ1n) is 5.58. The van der Waals surface area contributed by atoms with Gasteiger partial charge in [0, 0.05) is 11.1 Å². The lowest BCUT2D eigenvalue weighted by atomic mass is 9.99. The van der Waals surface area contributed by atoms with E-state index in [0.29, 0.717) is 0 Å². The predicted molar refractivity (Wildman–Crippen MR) is 67.2 cm³/mol. The summed E-state index contributed by atoms with van der Waals surface area (Å²) in [5.41, 5.74) is 7.33. The smallest absolute Gasteiger partial charge is 0.0406 e. The van der Waals surface area contributed by atoms with E-state index in [0.717, 1.165) is 23.8 Å². The molecule has 0 fully saturated rings. The standard InChI is InChI=1S/C13H20ClN/c1-10(2)3-8-13(15)9-11-4-6-12(14)7-5-11/h4-7,10,13H,3,8-9,15H2,1-2H3. The van der Waals surface area contributed by atoms with Gasteiger partial charge < -0.3 is 5.73 Å². The van der Waals surface area contributed by atoms with E-state index in [4.69, 9.17) is 17.3 Å². The molecule has 0 saturated carbocycles. The molecule has 0 heterocycles. The van der Waals surface area contributed by atoms with Crippen molar-refractivity contribution in [2.75, 3.05) is 0 Å². The molecule has 0 bridgehead atoms. The maximum absolute atomic E-state index is 6.06. The number of rotatable bonds is 5. The first kappa shape index (κ1) is 12.5. The van der Waals surface area contributed by atoms with Gasteiger partial charge >= 0.3 is 0 Å². The molecule has 2 heteroatoms. The summed E-state index contributed by atoms with van der Waals surface area (Å²) >= 11 is 5.82. The molecule has 0 amide bonds. The normalized spacial score (nSPS) is 13.1. The Morgan fingerprint density at radius 1 is 1.13 bits per heavy atom. The van der Waals surface area contributed by atoms with Gasteiger partial charge in [-0.2, -0.15) is 0 Å². The third-order valence-corrected chi connectivity index (χ3v) is 2.78. The van der Waals surface area contributed by atoms with Crippen LogP contribution in [-0.4, -0.2) is 6.04 Å². The van der Waals surface area contributed by atoms with E-state index in [1.54, 1.807) is 0 Å². The van der Waals surface area contributed by atoms with Crippen LogP contribution in [0, 0.1) is 5.92 Å². The van der Waals surface area contributed by atoms with Gasteiger partial charge in [-0.3, -0.25) is 0 Å². The summed E-state index contributed by atoms with van der Waals surface area (Å²) in [6, 6.07) is 8.22. The van der Waals surface area contributed by atoms with Crippen molar-refractivity contribution in [1.29, 1.82) is 0 Å². The minimum atomic E-state index is 0.272. The van der Waals surface area contributed by atoms with E-state index < -0.39 is 0 Å². The summed E-state index contributed by atoms with van der Waals surface area (Å²) in [6.07, 6.45) is 3.25. The fourth-order valence-corrected chi connectivity index (χ4v) is 1.70. The van der Waals surface area contributed by atoms with Gasteiger partial charge in [0.1, 0.15) is 0 Å². The van der Waals surface area contributed by atoms with E-state index >= 15 is 0 Å². The van der Waals surface area contributed by atoms with Crippen molar-refractivity contribution < 1.29 is 0 Å². The maximum atomic E-state index is 6.06. The quantitative estimate of drug-likeness (QED) is 0.814. The molecule has 1 aromatic rings. The fraction of sp³-hybridized carbons (Fsp3) is 0.538. The van der Waals surface area contributed by atoms with Crippen molar-refractivity contribution in [3.8, 4) is 0 Å². The van der Waals surface area contributed by atoms with E-state index in [1.165, 1.54) is 12.0 Å². The highest BCUT2D eigenvalue weighted by atomic mass is 35.5. The van der Waals surface area contributed by atoms with Crippen molar-refractivity contribution in [3.63, 3.8) is 0 Å². The molecule has 1 atom stereocenters. The van der Waals surface area contributed by atoms with Crippen LogP contribution in [0.25, 0.3) is 0 Å². The Bertz CT molecular complexity index is 279. The number of benzene rings is 1. The highest BCUT2D eigenvalue weighted by molar-refractivity contribution is 6.30. The number of hydrogen-bond acceptors (Lipinski definition) is 1. The summed E-state index contributed by atoms with van der Waals surface area (Å²) in [4.78, 5) is 0. The fourth-order valence-electron chi connectivity index (χ4n) is 1.57. The second-order valence-corrected chi connectivity index (χ2v) is 5.00. The highest BCUT2D eigenvalue weighted by Crippen LogP contribution is 2.13. The van der Waals surface area contributed by atoms with Crippen LogP contribution in [0.5, 0.6) is 0 Å². The van der Waals surface area contributed by atoms with Gasteiger partial charge in [0.2, 0.25) is 0 Å². The second kappa shape index (κ2) is 6.14. The van der Waals surface area contributed by atoms with Crippen LogP contribution in [0.4, 0.5) is 0 Å². The molecule has 1 nitrogen and oxygen atoms in total. The van der Waals surface area contributed by atoms with Crippen LogP contribution >= 0.6 is 11.6 Å². The average Bonchev–Trinajstić information content (AvgIpc) is 2.19. The van der Waals surface area contributed by atoms with Crippen molar-refractivity contribution in [2.45, 2.75) is 39.2 Å². The van der Waals surface area contributed by atoms with Crippen LogP contribution < -0.4 is 5.73 Å². The van der Waals surface area contributed by atoms with E-state index in [2.05, 4.69) is 26.0 Å². The second-order valence-electron chi connectivity index (χ2n) is 4.56. The summed E-state index contributed by atoms with van der Waals surface area (Å²) in [5.74, 6) is 0.737. The Labute approximate surface area is 97.6 Å². The Morgan fingerprint density at radius 2 is 1.73 bits per heavy atom. The maximum Gasteiger partial charge on any atom is 0.0406 e. The molecule has 1 aromatic carbocycles. The zero-order valence-corrected chi connectivity index (χ0v) is 10.3. The molecular formula is C13H20ClN. The molecule has 0 radical (unpaired) electrons. The molecule has 0 saturated heterocycles. The van der Waals surface area contributed by atoms with Gasteiger partial charge in [0.05, 0.1) is 0 Å². The van der Waals surface area contributed by atoms with Gasteiger partial charge in [-0.15, -0.1) is 0 Å². The van der Waals surface area contributed by atoms with Gasteiger partial charge in [0.25, 0.3) is 0 Å². The summed E-state index contributed by atoms with van der Waals surface area (Å²) in [6.45, 7) is 4.46. The Kier molecular flexibility index (Phi) is 5.13. The third-order valence-electron chi connectivity index (χ3n) is 2.53. The van der Waals surface area contributed by atoms with Crippen LogP contribution in [0.2, 0.25) is 5.02 Å². The molecule has 0 aromatic heterocycles. The average molecular weight is 226 g/mol. The summed E-state index contributed by atoms with van der Waals surface area (Å²) in [7, 11) is 0. The third kappa shape index (κ3) is 5.19. The van der Waals surface area contributed by atoms with Crippen molar-refractivity contribution in [2.24, 2.45) is 11.7 Å². The lowest BCUT2D eigenvalue weighted by Gasteiger charge is -2.13. The van der Waals surface area contributed by atoms with Crippen LogP contribution in [0.1, 0.15) is 32.3 Å². The van der Waals surface area contributed by atoms with Gasteiger partial charge in [0.15, 0.2) is 0 Å². The van der Waals surface area contributed by atoms with Crippen molar-refractivity contribution >= 4 is 11.6 Å². The summed E-state index contributed by atoms with van der Waals surface area (Å²) < 4.78 is 0. The number of nitrogens with two attached hydrogens (primary N) is 1. The Balaban J connectivity index is 2.37. The molecule has 0 aliphatic heterocycles. The lowest BCUT2D eigenvalue weighted by molar-refractivity contribution is 0.495. The van der Waals surface area contributed by atoms with Crippen molar-refractivity contribution in [3.05, 3.63) is 34.9 Å². The number of hydrogen-bond donors (Lipinski definition) is 1. The molecule has 0 aliphatic rings. The monoisotopic (exact) mass is 225 g/mol. The highest BCUT2D eigenvalue weighted by Gasteiger charge is 2.05. The van der Waals surface area contributed by atoms with Gasteiger partial charge in [-0.1, -0.05) is 37.6 Å². The first-order chi connectivity index (χ1) is 7.08. The molecule has 2 N–H and O–H groups in total. The van der Waals surface area contributed by atoms with Crippen LogP contribution in [-0.2, 0) is 6.42 Å². The zero-order valence-electron chi connectivity index (χ0n) is 9.54. The van der Waals surface area contributed by atoms with Crippen LogP contribution in [0.15, 0.2) is 24.3 Å². The van der Waals surface area contributed by atoms with Gasteiger partial charge in [-0.05, 0) is 42.9 Å². The number of halogens is 1. The Hall–Kier alpha value is -0.530. The molecule has 1 unspecified atom stereocenters. The van der Waals surface area contributed by atoms with Crippen LogP contribution in [0.3, 0.4) is 0 Å². The lowest BCUT2D eigenvalue weighted by Crippen LogP contribution is -2.23. The Morgan fingerprint density at radius 3 is 2.27 bits per heavy atom. The van der Waals surface area contributed by atoms with E-state index in [1.807, 2.05) is 12.1 Å². The van der Waals surface area contributed by atoms with E-state index in [9.17, 15) is 0 Å². The summed E-state index contributed by atoms with van der Waals surface area (Å²) in [5, 5.41) is 0.787. The molecule has 15 heavy (non-hydrogen) atoms. The molecular weight excluding hydrogens is 206 g/mol. The largest absolute Gasteiger partial charge is 0.327 e. The predicted octanol–water partition coefficient (Wildman–Crippen LogP) is 3.65. The zero-order chi connectivity index (χ0) is 11.3. The van der Waals surface area contributed by atoms with Gasteiger partial charge in [-0.25, -0.2) is 0 Å².